The molecule has 0 aromatic heterocycles. The Hall–Kier alpha value is -1.41. The molecular weight excluding hydrogens is 863 g/mol. The van der Waals surface area contributed by atoms with Crippen molar-refractivity contribution in [3.05, 3.63) is 0 Å². The van der Waals surface area contributed by atoms with Crippen molar-refractivity contribution < 1.29 is 92.3 Å². The van der Waals surface area contributed by atoms with Crippen molar-refractivity contribution in [1.29, 1.82) is 0 Å². The number of amides is 3. The number of thioether (sulfide) groups is 1. The van der Waals surface area contributed by atoms with Crippen molar-refractivity contribution in [2.75, 3.05) is 52.4 Å². The topological polar surface area (TPSA) is 310 Å². The summed E-state index contributed by atoms with van der Waals surface area (Å²) in [6.07, 6.45) is -9.69. The molecule has 23 heteroatoms. The van der Waals surface area contributed by atoms with E-state index in [0.717, 1.165) is 26.4 Å². The zero-order valence-electron chi connectivity index (χ0n) is 35.8. The lowest BCUT2D eigenvalue weighted by Crippen LogP contribution is -2.61. The Bertz CT molecular complexity index is 1440. The number of nitrogens with one attached hydrogen (secondary N) is 1. The average molecular weight is 933 g/mol. The van der Waals surface area contributed by atoms with Gasteiger partial charge in [-0.05, 0) is 56.1 Å². The second-order valence-electron chi connectivity index (χ2n) is 16.6. The summed E-state index contributed by atoms with van der Waals surface area (Å²) in [6.45, 7) is 3.59. The van der Waals surface area contributed by atoms with Crippen molar-refractivity contribution in [3.63, 3.8) is 0 Å². The first-order valence-corrected chi connectivity index (χ1v) is 24.2. The molecule has 0 spiro atoms. The number of aliphatic hydroxyl groups excluding tert-OH is 7. The van der Waals surface area contributed by atoms with Gasteiger partial charge < -0.3 is 69.6 Å². The summed E-state index contributed by atoms with van der Waals surface area (Å²) in [4.78, 5) is 48.3. The number of carbonyl (C=O) groups excluding carboxylic acids is 3. The summed E-state index contributed by atoms with van der Waals surface area (Å²) in [5.41, 5.74) is 0. The summed E-state index contributed by atoms with van der Waals surface area (Å²) in [6, 6.07) is 0. The van der Waals surface area contributed by atoms with Gasteiger partial charge in [-0.1, -0.05) is 33.1 Å². The van der Waals surface area contributed by atoms with Crippen molar-refractivity contribution in [2.45, 2.75) is 163 Å². The van der Waals surface area contributed by atoms with E-state index in [1.165, 1.54) is 16.7 Å². The molecule has 3 amide bonds. The highest BCUT2D eigenvalue weighted by Gasteiger charge is 2.48. The van der Waals surface area contributed by atoms with E-state index in [4.69, 9.17) is 28.2 Å². The molecule has 1 aliphatic carbocycles. The molecule has 0 aromatic rings. The first kappa shape index (κ1) is 53.2. The maximum absolute atomic E-state index is 12.8. The molecule has 0 radical (unpaired) electrons. The van der Waals surface area contributed by atoms with Gasteiger partial charge in [0.25, 0.3) is 0 Å². The number of aliphatic hydroxyl groups is 7. The molecule has 4 aliphatic rings. The van der Waals surface area contributed by atoms with Gasteiger partial charge in [0.2, 0.25) is 17.7 Å². The number of hydrogen-bond donors (Lipinski definition) is 9. The molecule has 0 bridgehead atoms. The van der Waals surface area contributed by atoms with Crippen LogP contribution in [0.15, 0.2) is 0 Å². The Morgan fingerprint density at radius 1 is 0.806 bits per heavy atom. The fourth-order valence-corrected chi connectivity index (χ4v) is 9.45. The maximum Gasteiger partial charge on any atom is 0.471 e. The van der Waals surface area contributed by atoms with Crippen LogP contribution in [0.5, 0.6) is 0 Å². The van der Waals surface area contributed by atoms with Gasteiger partial charge in [0.05, 0.1) is 43.9 Å². The summed E-state index contributed by atoms with van der Waals surface area (Å²) >= 11 is 1.46. The first-order valence-electron chi connectivity index (χ1n) is 21.6. The Kier molecular flexibility index (Phi) is 22.4. The molecule has 3 saturated heterocycles. The van der Waals surface area contributed by atoms with E-state index in [0.29, 0.717) is 44.3 Å². The summed E-state index contributed by atoms with van der Waals surface area (Å²) < 4.78 is 49.6. The molecule has 4 fully saturated rings. The maximum atomic E-state index is 12.8. The Morgan fingerprint density at radius 2 is 1.44 bits per heavy atom. The fraction of sp³-hybridized carbons (Fsp3) is 0.923. The highest BCUT2D eigenvalue weighted by molar-refractivity contribution is 8.00. The third-order valence-corrected chi connectivity index (χ3v) is 14.2. The van der Waals surface area contributed by atoms with E-state index in [2.05, 4.69) is 9.84 Å². The molecule has 4 rings (SSSR count). The Labute approximate surface area is 366 Å². The molecule has 16 atom stereocenters. The van der Waals surface area contributed by atoms with Crippen LogP contribution in [0.1, 0.15) is 84.5 Å². The molecule has 3 aliphatic heterocycles. The largest absolute Gasteiger partial charge is 0.471 e. The Balaban J connectivity index is 1.10. The van der Waals surface area contributed by atoms with Gasteiger partial charge in [-0.25, -0.2) is 4.57 Å². The van der Waals surface area contributed by atoms with Gasteiger partial charge in [0.1, 0.15) is 48.8 Å². The van der Waals surface area contributed by atoms with Crippen LogP contribution < -0.4 is 5.32 Å². The van der Waals surface area contributed by atoms with Crippen molar-refractivity contribution >= 4 is 37.3 Å². The first-order chi connectivity index (χ1) is 29.5. The number of likely N-dealkylation sites (tertiary alicyclic amines) is 1. The SMILES string of the molecule is COP(=O)(O)OCCCCCCSC1CC(=O)N(CCCCCC(=O)NCCO[C@H]2OC(CO[C@H]3CC(C)[C@@H](C)CC3O[C@H]3OC(CO)[C@@H](O)[C@H](O)C3O)[C@@H](O)[C@H](O)C2O)C1=O. The van der Waals surface area contributed by atoms with Crippen LogP contribution in [0.2, 0.25) is 0 Å². The number of ether oxygens (including phenoxy) is 5. The van der Waals surface area contributed by atoms with Gasteiger partial charge >= 0.3 is 7.82 Å². The number of rotatable bonds is 26. The fourth-order valence-electron chi connectivity index (χ4n) is 7.80. The van der Waals surface area contributed by atoms with E-state index < -0.39 is 93.3 Å². The minimum Gasteiger partial charge on any atom is -0.394 e. The minimum atomic E-state index is -3.96. The summed E-state index contributed by atoms with van der Waals surface area (Å²) in [5, 5.41) is 74.7. The van der Waals surface area contributed by atoms with Crippen LogP contribution in [0.25, 0.3) is 0 Å². The van der Waals surface area contributed by atoms with Crippen molar-refractivity contribution in [1.82, 2.24) is 10.2 Å². The second kappa shape index (κ2) is 26.1. The zero-order chi connectivity index (χ0) is 45.6. The van der Waals surface area contributed by atoms with E-state index in [1.54, 1.807) is 0 Å². The van der Waals surface area contributed by atoms with Gasteiger partial charge in [0, 0.05) is 33.0 Å². The van der Waals surface area contributed by atoms with Crippen LogP contribution in [-0.2, 0) is 51.7 Å². The second-order valence-corrected chi connectivity index (χ2v) is 19.4. The third-order valence-electron chi connectivity index (χ3n) is 11.9. The summed E-state index contributed by atoms with van der Waals surface area (Å²) in [7, 11) is -2.85. The quantitative estimate of drug-likeness (QED) is 0.0295. The van der Waals surface area contributed by atoms with E-state index >= 15 is 0 Å². The molecule has 1 saturated carbocycles. The zero-order valence-corrected chi connectivity index (χ0v) is 37.5. The summed E-state index contributed by atoms with van der Waals surface area (Å²) in [5.74, 6) is 0.428. The lowest BCUT2D eigenvalue weighted by Gasteiger charge is -2.45. The van der Waals surface area contributed by atoms with Gasteiger partial charge in [-0.3, -0.25) is 28.3 Å². The number of phosphoric acid groups is 1. The number of hydrogen-bond acceptors (Lipinski definition) is 19. The minimum absolute atomic E-state index is 0.0614. The van der Waals surface area contributed by atoms with Crippen LogP contribution in [0.4, 0.5) is 0 Å². The molecule has 3 heterocycles. The normalized spacial score (nSPS) is 36.5. The lowest BCUT2D eigenvalue weighted by atomic mass is 9.78. The number of phosphoric ester groups is 1. The molecule has 8 unspecified atom stereocenters. The highest BCUT2D eigenvalue weighted by atomic mass is 32.2. The smallest absolute Gasteiger partial charge is 0.394 e. The molecule has 0 aromatic carbocycles. The molecule has 21 nitrogen and oxygen atoms in total. The third kappa shape index (κ3) is 15.6. The highest BCUT2D eigenvalue weighted by Crippen LogP contribution is 2.42. The molecular formula is C39H69N2O19PS. The number of nitrogens with zero attached hydrogens (tertiary/aromatic N) is 1. The van der Waals surface area contributed by atoms with Crippen molar-refractivity contribution in [3.8, 4) is 0 Å². The monoisotopic (exact) mass is 932 g/mol. The molecule has 62 heavy (non-hydrogen) atoms. The van der Waals surface area contributed by atoms with Gasteiger partial charge in [-0.15, -0.1) is 11.8 Å². The van der Waals surface area contributed by atoms with Crippen molar-refractivity contribution in [2.24, 2.45) is 11.8 Å². The standard InChI is InChI=1S/C39H69N2O19PS/c1-22-17-24(25(18-23(22)2)58-39-36(50)33(47)31(45)26(20-42)59-39)56-21-27-32(46)34(48)35(49)38(60-27)55-15-12-40-29(43)11-7-6-8-13-41-30(44)19-28(37(41)51)62-16-10-5-4-9-14-57-61(52,53)54-3/h22-28,31-36,38-39,42,45-50H,4-21H2,1-3H3,(H,40,43)(H,52,53)/t22?,23-,24-,25?,26?,27?,28?,31+,32+,33-,34-,35?,36?,38-,39-/m0/s1. The van der Waals surface area contributed by atoms with Crippen LogP contribution >= 0.6 is 19.6 Å². The van der Waals surface area contributed by atoms with Gasteiger partial charge in [-0.2, -0.15) is 0 Å². The van der Waals surface area contributed by atoms with Gasteiger partial charge in [0.15, 0.2) is 12.6 Å². The molecule has 360 valence electrons. The number of imide groups is 1. The Morgan fingerprint density at radius 3 is 2.13 bits per heavy atom. The average Bonchev–Trinajstić information content (AvgIpc) is 3.51. The lowest BCUT2D eigenvalue weighted by molar-refractivity contribution is -0.327. The number of unbranched alkanes of at least 4 members (excludes halogenated alkanes) is 5. The van der Waals surface area contributed by atoms with E-state index in [-0.39, 0.29) is 75.3 Å². The molecule has 9 N–H and O–H groups in total. The van der Waals surface area contributed by atoms with E-state index in [9.17, 15) is 59.6 Å². The predicted octanol–water partition coefficient (Wildman–Crippen LogP) is -0.692. The number of carbonyl (C=O) groups is 3. The van der Waals surface area contributed by atoms with Crippen LogP contribution in [0, 0.1) is 11.8 Å². The predicted molar refractivity (Wildman–Crippen MR) is 219 cm³/mol. The van der Waals surface area contributed by atoms with Crippen LogP contribution in [-0.4, -0.2) is 195 Å². The van der Waals surface area contributed by atoms with E-state index in [1.807, 2.05) is 13.8 Å². The van der Waals surface area contributed by atoms with Crippen LogP contribution in [0.3, 0.4) is 0 Å².